The van der Waals surface area contributed by atoms with E-state index in [1.165, 1.54) is 25.7 Å². The van der Waals surface area contributed by atoms with Gasteiger partial charge in [0.05, 0.1) is 11.0 Å². The van der Waals surface area contributed by atoms with E-state index in [-0.39, 0.29) is 5.91 Å². The third kappa shape index (κ3) is 3.15. The number of benzene rings is 2. The molecule has 1 heterocycles. The monoisotopic (exact) mass is 337 g/mol. The molecular formula is C22H27NO2. The highest BCUT2D eigenvalue weighted by molar-refractivity contribution is 6.14. The lowest BCUT2D eigenvalue weighted by molar-refractivity contribution is 0.0946. The summed E-state index contributed by atoms with van der Waals surface area (Å²) in [5.74, 6) is 0.339. The zero-order chi connectivity index (χ0) is 18.0. The smallest absolute Gasteiger partial charge is 0.228 e. The molecule has 0 atom stereocenters. The minimum absolute atomic E-state index is 0.0172. The van der Waals surface area contributed by atoms with Crippen LogP contribution >= 0.6 is 0 Å². The average Bonchev–Trinajstić information content (AvgIpc) is 2.92. The van der Waals surface area contributed by atoms with Gasteiger partial charge in [-0.1, -0.05) is 50.8 Å². The number of unbranched alkanes of at least 4 members (excludes halogenated alkanes) is 4. The van der Waals surface area contributed by atoms with Crippen LogP contribution in [0.1, 0.15) is 61.9 Å². The highest BCUT2D eigenvalue weighted by Crippen LogP contribution is 2.37. The van der Waals surface area contributed by atoms with Crippen LogP contribution in [-0.2, 0) is 6.42 Å². The number of aromatic hydroxyl groups is 1. The van der Waals surface area contributed by atoms with Gasteiger partial charge in [0.1, 0.15) is 5.75 Å². The molecule has 3 aromatic rings. The van der Waals surface area contributed by atoms with E-state index in [0.29, 0.717) is 5.75 Å². The molecule has 0 amide bonds. The predicted molar refractivity (Wildman–Crippen MR) is 105 cm³/mol. The third-order valence-corrected chi connectivity index (χ3v) is 5.16. The van der Waals surface area contributed by atoms with Crippen LogP contribution in [-0.4, -0.2) is 15.6 Å². The van der Waals surface area contributed by atoms with Crippen LogP contribution < -0.4 is 0 Å². The molecule has 0 bridgehead atoms. The molecule has 1 aromatic heterocycles. The second-order valence-corrected chi connectivity index (χ2v) is 6.93. The Morgan fingerprint density at radius 3 is 2.52 bits per heavy atom. The first kappa shape index (κ1) is 17.5. The van der Waals surface area contributed by atoms with E-state index in [1.807, 2.05) is 41.8 Å². The number of phenols is 1. The van der Waals surface area contributed by atoms with E-state index in [0.717, 1.165) is 45.8 Å². The van der Waals surface area contributed by atoms with Gasteiger partial charge in [0, 0.05) is 17.7 Å². The number of hydrogen-bond acceptors (Lipinski definition) is 2. The van der Waals surface area contributed by atoms with Crippen molar-refractivity contribution in [3.05, 3.63) is 41.5 Å². The zero-order valence-electron chi connectivity index (χ0n) is 15.4. The first-order chi connectivity index (χ1) is 12.1. The van der Waals surface area contributed by atoms with Gasteiger partial charge >= 0.3 is 0 Å². The number of aryl methyl sites for hydroxylation is 1. The van der Waals surface area contributed by atoms with Crippen molar-refractivity contribution in [3.8, 4) is 5.75 Å². The molecule has 0 saturated heterocycles. The third-order valence-electron chi connectivity index (χ3n) is 5.16. The molecule has 0 unspecified atom stereocenters. The summed E-state index contributed by atoms with van der Waals surface area (Å²) in [6.45, 7) is 5.78. The topological polar surface area (TPSA) is 42.2 Å². The Morgan fingerprint density at radius 2 is 1.80 bits per heavy atom. The first-order valence-electron chi connectivity index (χ1n) is 9.31. The van der Waals surface area contributed by atoms with Crippen LogP contribution in [0.25, 0.3) is 21.8 Å². The fourth-order valence-electron chi connectivity index (χ4n) is 3.82. The lowest BCUT2D eigenvalue weighted by Crippen LogP contribution is -2.07. The van der Waals surface area contributed by atoms with Crippen molar-refractivity contribution in [1.82, 2.24) is 4.57 Å². The zero-order valence-corrected chi connectivity index (χ0v) is 15.4. The van der Waals surface area contributed by atoms with Crippen molar-refractivity contribution < 1.29 is 9.90 Å². The molecule has 3 rings (SSSR count). The second-order valence-electron chi connectivity index (χ2n) is 6.93. The molecule has 3 heteroatoms. The minimum Gasteiger partial charge on any atom is -0.508 e. The van der Waals surface area contributed by atoms with Crippen molar-refractivity contribution in [2.45, 2.75) is 59.3 Å². The summed E-state index contributed by atoms with van der Waals surface area (Å²) in [4.78, 5) is 12.4. The maximum atomic E-state index is 12.4. The van der Waals surface area contributed by atoms with E-state index < -0.39 is 0 Å². The standard InChI is InChI=1S/C22H27NO2/c1-4-5-6-7-8-11-17-15(2)21(25)14-19-18-12-9-10-13-20(18)23(16(3)24)22(17)19/h9-10,12-14,25H,4-8,11H2,1-3H3. The molecule has 0 aliphatic heterocycles. The number of aromatic nitrogens is 1. The number of phenolic OH excluding ortho intramolecular Hbond substituents is 1. The van der Waals surface area contributed by atoms with Crippen molar-refractivity contribution in [3.63, 3.8) is 0 Å². The second kappa shape index (κ2) is 7.30. The Morgan fingerprint density at radius 1 is 1.08 bits per heavy atom. The number of para-hydroxylation sites is 1. The predicted octanol–water partition coefficient (Wildman–Crippen LogP) is 5.98. The van der Waals surface area contributed by atoms with Crippen LogP contribution in [0.15, 0.2) is 30.3 Å². The van der Waals surface area contributed by atoms with E-state index in [4.69, 9.17) is 0 Å². The number of hydrogen-bond donors (Lipinski definition) is 1. The van der Waals surface area contributed by atoms with Crippen LogP contribution in [0.3, 0.4) is 0 Å². The molecule has 0 aliphatic rings. The Labute approximate surface area is 149 Å². The summed E-state index contributed by atoms with van der Waals surface area (Å²) < 4.78 is 1.82. The van der Waals surface area contributed by atoms with Crippen molar-refractivity contribution >= 4 is 27.7 Å². The average molecular weight is 337 g/mol. The van der Waals surface area contributed by atoms with Gasteiger partial charge < -0.3 is 5.11 Å². The van der Waals surface area contributed by atoms with Gasteiger partial charge in [-0.05, 0) is 43.0 Å². The fourth-order valence-corrected chi connectivity index (χ4v) is 3.82. The van der Waals surface area contributed by atoms with Crippen LogP contribution in [0.4, 0.5) is 0 Å². The summed E-state index contributed by atoms with van der Waals surface area (Å²) in [7, 11) is 0. The van der Waals surface area contributed by atoms with E-state index in [2.05, 4.69) is 6.92 Å². The van der Waals surface area contributed by atoms with Crippen LogP contribution in [0.5, 0.6) is 5.75 Å². The summed E-state index contributed by atoms with van der Waals surface area (Å²) in [6.07, 6.45) is 6.90. The first-order valence-corrected chi connectivity index (χ1v) is 9.31. The van der Waals surface area contributed by atoms with Gasteiger partial charge in [-0.3, -0.25) is 9.36 Å². The van der Waals surface area contributed by atoms with Gasteiger partial charge in [-0.25, -0.2) is 0 Å². The molecule has 0 aliphatic carbocycles. The van der Waals surface area contributed by atoms with E-state index in [1.54, 1.807) is 6.92 Å². The quantitative estimate of drug-likeness (QED) is 0.562. The molecular weight excluding hydrogens is 310 g/mol. The molecule has 132 valence electrons. The Hall–Kier alpha value is -2.29. The number of fused-ring (bicyclic) bond motifs is 3. The fraction of sp³-hybridized carbons (Fsp3) is 0.409. The van der Waals surface area contributed by atoms with Crippen molar-refractivity contribution in [2.24, 2.45) is 0 Å². The van der Waals surface area contributed by atoms with Gasteiger partial charge in [-0.15, -0.1) is 0 Å². The molecule has 1 N–H and O–H groups in total. The van der Waals surface area contributed by atoms with Gasteiger partial charge in [0.2, 0.25) is 5.91 Å². The summed E-state index contributed by atoms with van der Waals surface area (Å²) in [5.41, 5.74) is 3.90. The molecule has 0 saturated carbocycles. The molecule has 3 nitrogen and oxygen atoms in total. The lowest BCUT2D eigenvalue weighted by atomic mass is 9.97. The van der Waals surface area contributed by atoms with E-state index in [9.17, 15) is 9.90 Å². The van der Waals surface area contributed by atoms with Crippen molar-refractivity contribution in [1.29, 1.82) is 0 Å². The maximum Gasteiger partial charge on any atom is 0.228 e. The van der Waals surface area contributed by atoms with Crippen LogP contribution in [0, 0.1) is 6.92 Å². The van der Waals surface area contributed by atoms with Crippen molar-refractivity contribution in [2.75, 3.05) is 0 Å². The minimum atomic E-state index is 0.0172. The SMILES string of the molecule is CCCCCCCc1c(C)c(O)cc2c3ccccc3n(C(C)=O)c12. The molecule has 0 spiro atoms. The highest BCUT2D eigenvalue weighted by atomic mass is 16.3. The largest absolute Gasteiger partial charge is 0.508 e. The Balaban J connectivity index is 2.17. The normalized spacial score (nSPS) is 11.5. The lowest BCUT2D eigenvalue weighted by Gasteiger charge is -2.13. The highest BCUT2D eigenvalue weighted by Gasteiger charge is 2.19. The van der Waals surface area contributed by atoms with Gasteiger partial charge in [-0.2, -0.15) is 0 Å². The number of rotatable bonds is 6. The molecule has 0 fully saturated rings. The molecule has 0 radical (unpaired) electrons. The maximum absolute atomic E-state index is 12.4. The Bertz CT molecular complexity index is 921. The molecule has 25 heavy (non-hydrogen) atoms. The Kier molecular flexibility index (Phi) is 5.12. The summed E-state index contributed by atoms with van der Waals surface area (Å²) in [6, 6.07) is 9.75. The van der Waals surface area contributed by atoms with Gasteiger partial charge in [0.15, 0.2) is 0 Å². The number of carbonyl (C=O) groups excluding carboxylic acids is 1. The number of carbonyl (C=O) groups is 1. The van der Waals surface area contributed by atoms with Crippen LogP contribution in [0.2, 0.25) is 0 Å². The van der Waals surface area contributed by atoms with E-state index >= 15 is 0 Å². The number of nitrogens with zero attached hydrogens (tertiary/aromatic N) is 1. The van der Waals surface area contributed by atoms with Gasteiger partial charge in [0.25, 0.3) is 0 Å². The summed E-state index contributed by atoms with van der Waals surface area (Å²) >= 11 is 0. The summed E-state index contributed by atoms with van der Waals surface area (Å²) in [5, 5.41) is 12.4. The molecule has 2 aromatic carbocycles.